The number of piperazine rings is 1. The fourth-order valence-corrected chi connectivity index (χ4v) is 2.63. The van der Waals surface area contributed by atoms with E-state index in [1.165, 1.54) is 5.56 Å². The lowest BCUT2D eigenvalue weighted by Crippen LogP contribution is -2.45. The molecular weight excluding hydrogens is 276 g/mol. The second-order valence-corrected chi connectivity index (χ2v) is 4.82. The average molecular weight is 301 g/mol. The van der Waals surface area contributed by atoms with Crippen molar-refractivity contribution in [2.45, 2.75) is 19.4 Å². The quantitative estimate of drug-likeness (QED) is 0.841. The number of hydrogen-bond donors (Lipinski definition) is 2. The number of benzene rings is 1. The van der Waals surface area contributed by atoms with Crippen molar-refractivity contribution in [3.05, 3.63) is 29.8 Å². The summed E-state index contributed by atoms with van der Waals surface area (Å²) >= 11 is 0. The van der Waals surface area contributed by atoms with Crippen molar-refractivity contribution in [2.24, 2.45) is 0 Å². The lowest BCUT2D eigenvalue weighted by atomic mass is 10.0. The summed E-state index contributed by atoms with van der Waals surface area (Å²) in [5.41, 5.74) is 1.26. The Balaban J connectivity index is 0.00000200. The minimum atomic E-state index is 0. The summed E-state index contributed by atoms with van der Waals surface area (Å²) in [5.74, 6) is 0.911. The number of nitrogens with zero attached hydrogens (tertiary/aromatic N) is 1. The molecule has 0 aromatic heterocycles. The fourth-order valence-electron chi connectivity index (χ4n) is 2.63. The molecule has 0 saturated carbocycles. The van der Waals surface area contributed by atoms with E-state index >= 15 is 0 Å². The Morgan fingerprint density at radius 2 is 1.90 bits per heavy atom. The van der Waals surface area contributed by atoms with Gasteiger partial charge in [0, 0.05) is 38.8 Å². The van der Waals surface area contributed by atoms with E-state index in [1.807, 2.05) is 19.1 Å². The van der Waals surface area contributed by atoms with Crippen LogP contribution in [0.5, 0.6) is 5.75 Å². The van der Waals surface area contributed by atoms with Crippen molar-refractivity contribution in [2.75, 3.05) is 39.4 Å². The van der Waals surface area contributed by atoms with Crippen LogP contribution in [0.1, 0.15) is 24.9 Å². The standard InChI is InChI=1S/C15H24N2O2.ClH/c1-2-19-14-5-3-13(4-6-14)15(7-12-18)17-10-8-16-9-11-17;/h3-6,15-16,18H,2,7-12H2,1H3;1H/t15-;/m1./s1. The first-order valence-corrected chi connectivity index (χ1v) is 7.13. The number of rotatable bonds is 6. The summed E-state index contributed by atoms with van der Waals surface area (Å²) in [6.07, 6.45) is 0.786. The van der Waals surface area contributed by atoms with Gasteiger partial charge in [0.05, 0.1) is 6.61 Å². The number of hydrogen-bond acceptors (Lipinski definition) is 4. The number of halogens is 1. The summed E-state index contributed by atoms with van der Waals surface area (Å²) in [6.45, 7) is 7.04. The van der Waals surface area contributed by atoms with Gasteiger partial charge in [0.1, 0.15) is 5.75 Å². The molecule has 0 bridgehead atoms. The van der Waals surface area contributed by atoms with Crippen LogP contribution >= 0.6 is 12.4 Å². The predicted molar refractivity (Wildman–Crippen MR) is 83.7 cm³/mol. The van der Waals surface area contributed by atoms with Gasteiger partial charge in [0.25, 0.3) is 0 Å². The van der Waals surface area contributed by atoms with Crippen LogP contribution in [-0.2, 0) is 0 Å². The highest BCUT2D eigenvalue weighted by molar-refractivity contribution is 5.85. The molecule has 2 N–H and O–H groups in total. The van der Waals surface area contributed by atoms with Gasteiger partial charge >= 0.3 is 0 Å². The summed E-state index contributed by atoms with van der Waals surface area (Å²) in [7, 11) is 0. The molecule has 2 rings (SSSR count). The molecule has 5 heteroatoms. The normalized spacial score (nSPS) is 17.3. The zero-order valence-electron chi connectivity index (χ0n) is 12.0. The van der Waals surface area contributed by atoms with Gasteiger partial charge in [-0.1, -0.05) is 12.1 Å². The van der Waals surface area contributed by atoms with Crippen molar-refractivity contribution < 1.29 is 9.84 Å². The highest BCUT2D eigenvalue weighted by Crippen LogP contribution is 2.26. The molecule has 1 aliphatic rings. The SMILES string of the molecule is CCOc1ccc([C@@H](CCO)N2CCNCC2)cc1.Cl. The molecule has 0 spiro atoms. The Morgan fingerprint density at radius 3 is 2.45 bits per heavy atom. The third-order valence-corrected chi connectivity index (χ3v) is 3.57. The van der Waals surface area contributed by atoms with E-state index in [0.29, 0.717) is 12.6 Å². The largest absolute Gasteiger partial charge is 0.494 e. The van der Waals surface area contributed by atoms with E-state index in [2.05, 4.69) is 22.3 Å². The van der Waals surface area contributed by atoms with Gasteiger partial charge in [-0.3, -0.25) is 4.90 Å². The van der Waals surface area contributed by atoms with Crippen LogP contribution in [0, 0.1) is 0 Å². The molecule has 1 atom stereocenters. The molecule has 1 fully saturated rings. The minimum Gasteiger partial charge on any atom is -0.494 e. The van der Waals surface area contributed by atoms with Gasteiger partial charge in [-0.25, -0.2) is 0 Å². The Hall–Kier alpha value is -0.810. The van der Waals surface area contributed by atoms with Gasteiger partial charge in [0.2, 0.25) is 0 Å². The van der Waals surface area contributed by atoms with Crippen molar-refractivity contribution >= 4 is 12.4 Å². The summed E-state index contributed by atoms with van der Waals surface area (Å²) in [4.78, 5) is 2.45. The Labute approximate surface area is 127 Å². The molecule has 1 aliphatic heterocycles. The molecule has 4 nitrogen and oxygen atoms in total. The number of nitrogens with one attached hydrogen (secondary N) is 1. The van der Waals surface area contributed by atoms with E-state index in [-0.39, 0.29) is 19.0 Å². The number of aliphatic hydroxyl groups is 1. The Kier molecular flexibility index (Phi) is 7.92. The van der Waals surface area contributed by atoms with Crippen molar-refractivity contribution in [3.63, 3.8) is 0 Å². The summed E-state index contributed by atoms with van der Waals surface area (Å²) in [6, 6.07) is 8.58. The third-order valence-electron chi connectivity index (χ3n) is 3.57. The van der Waals surface area contributed by atoms with Gasteiger partial charge < -0.3 is 15.2 Å². The lowest BCUT2D eigenvalue weighted by molar-refractivity contribution is 0.141. The van der Waals surface area contributed by atoms with E-state index in [4.69, 9.17) is 4.74 Å². The van der Waals surface area contributed by atoms with Gasteiger partial charge in [-0.15, -0.1) is 12.4 Å². The van der Waals surface area contributed by atoms with E-state index < -0.39 is 0 Å². The van der Waals surface area contributed by atoms with Gasteiger partial charge in [-0.05, 0) is 31.0 Å². The predicted octanol–water partition coefficient (Wildman–Crippen LogP) is 1.84. The molecule has 0 amide bonds. The second kappa shape index (κ2) is 9.19. The van der Waals surface area contributed by atoms with Crippen molar-refractivity contribution in [3.8, 4) is 5.75 Å². The molecule has 1 saturated heterocycles. The first-order chi connectivity index (χ1) is 9.35. The van der Waals surface area contributed by atoms with Crippen LogP contribution in [-0.4, -0.2) is 49.4 Å². The van der Waals surface area contributed by atoms with Crippen molar-refractivity contribution in [1.29, 1.82) is 0 Å². The maximum atomic E-state index is 9.30. The average Bonchev–Trinajstić information content (AvgIpc) is 2.47. The highest BCUT2D eigenvalue weighted by Gasteiger charge is 2.21. The molecule has 1 aromatic rings. The maximum Gasteiger partial charge on any atom is 0.119 e. The maximum absolute atomic E-state index is 9.30. The Morgan fingerprint density at radius 1 is 1.25 bits per heavy atom. The highest BCUT2D eigenvalue weighted by atomic mass is 35.5. The van der Waals surface area contributed by atoms with Crippen molar-refractivity contribution in [1.82, 2.24) is 10.2 Å². The molecule has 1 aromatic carbocycles. The number of aliphatic hydroxyl groups excluding tert-OH is 1. The number of ether oxygens (including phenoxy) is 1. The van der Waals surface area contributed by atoms with Crippen LogP contribution in [0.25, 0.3) is 0 Å². The molecule has 0 radical (unpaired) electrons. The molecule has 0 aliphatic carbocycles. The smallest absolute Gasteiger partial charge is 0.119 e. The van der Waals surface area contributed by atoms with Crippen LogP contribution < -0.4 is 10.1 Å². The summed E-state index contributed by atoms with van der Waals surface area (Å²) in [5, 5.41) is 12.7. The second-order valence-electron chi connectivity index (χ2n) is 4.82. The molecule has 0 unspecified atom stereocenters. The zero-order chi connectivity index (χ0) is 13.5. The molecule has 20 heavy (non-hydrogen) atoms. The molecule has 1 heterocycles. The fraction of sp³-hybridized carbons (Fsp3) is 0.600. The van der Waals surface area contributed by atoms with Crippen LogP contribution in [0.4, 0.5) is 0 Å². The third kappa shape index (κ3) is 4.63. The van der Waals surface area contributed by atoms with Crippen LogP contribution in [0.3, 0.4) is 0 Å². The first kappa shape index (κ1) is 17.2. The monoisotopic (exact) mass is 300 g/mol. The van der Waals surface area contributed by atoms with Gasteiger partial charge in [-0.2, -0.15) is 0 Å². The molecule has 114 valence electrons. The van der Waals surface area contributed by atoms with Crippen LogP contribution in [0.2, 0.25) is 0 Å². The minimum absolute atomic E-state index is 0. The first-order valence-electron chi connectivity index (χ1n) is 7.13. The van der Waals surface area contributed by atoms with E-state index in [0.717, 1.165) is 38.3 Å². The topological polar surface area (TPSA) is 44.7 Å². The lowest BCUT2D eigenvalue weighted by Gasteiger charge is -2.35. The van der Waals surface area contributed by atoms with Gasteiger partial charge in [0.15, 0.2) is 0 Å². The van der Waals surface area contributed by atoms with E-state index in [1.54, 1.807) is 0 Å². The molecular formula is C15H25ClN2O2. The van der Waals surface area contributed by atoms with Crippen LogP contribution in [0.15, 0.2) is 24.3 Å². The van der Waals surface area contributed by atoms with E-state index in [9.17, 15) is 5.11 Å². The Bertz CT molecular complexity index is 367. The summed E-state index contributed by atoms with van der Waals surface area (Å²) < 4.78 is 5.47. The zero-order valence-corrected chi connectivity index (χ0v) is 12.9.